The molecule has 4 aliphatic rings. The maximum absolute atomic E-state index is 2.62. The minimum absolute atomic E-state index is 0.0318. The molecule has 0 heterocycles. The minimum atomic E-state index is -0.0710. The molecule has 0 saturated heterocycles. The SMILES string of the molecule is CC1(C)C2=CC(/C=C/c3ccc4c(c3)C(C)(C)C3=CC(N(c5ccccc5)c5ccccc5)CCC34)=CCC2c2ccc(N(c3ccccc3)c3ccccc3)cc21. The van der Waals surface area contributed by atoms with E-state index in [4.69, 9.17) is 0 Å². The van der Waals surface area contributed by atoms with Crippen molar-refractivity contribution >= 4 is 34.5 Å². The van der Waals surface area contributed by atoms with Crippen LogP contribution in [0.4, 0.5) is 28.4 Å². The van der Waals surface area contributed by atoms with Gasteiger partial charge < -0.3 is 9.80 Å². The molecule has 6 aromatic rings. The van der Waals surface area contributed by atoms with Gasteiger partial charge in [-0.25, -0.2) is 0 Å². The Balaban J connectivity index is 0.915. The topological polar surface area (TPSA) is 6.48 Å². The van der Waals surface area contributed by atoms with Crippen molar-refractivity contribution in [3.8, 4) is 0 Å². The van der Waals surface area contributed by atoms with E-state index in [2.05, 4.69) is 226 Å². The number of fused-ring (bicyclic) bond motifs is 6. The highest BCUT2D eigenvalue weighted by Gasteiger charge is 2.45. The minimum Gasteiger partial charge on any atom is -0.335 e. The van der Waals surface area contributed by atoms with Crippen LogP contribution in [0.3, 0.4) is 0 Å². The Bertz CT molecular complexity index is 2510. The van der Waals surface area contributed by atoms with E-state index in [0.717, 1.165) is 19.3 Å². The van der Waals surface area contributed by atoms with Crippen molar-refractivity contribution < 1.29 is 0 Å². The summed E-state index contributed by atoms with van der Waals surface area (Å²) >= 11 is 0. The van der Waals surface area contributed by atoms with Crippen LogP contribution in [-0.2, 0) is 10.8 Å². The average molecular weight is 753 g/mol. The van der Waals surface area contributed by atoms with Gasteiger partial charge in [0.2, 0.25) is 0 Å². The Morgan fingerprint density at radius 3 is 1.66 bits per heavy atom. The molecule has 0 bridgehead atoms. The summed E-state index contributed by atoms with van der Waals surface area (Å²) in [5.74, 6) is 0.897. The van der Waals surface area contributed by atoms with Crippen LogP contribution in [0.15, 0.2) is 199 Å². The largest absolute Gasteiger partial charge is 0.335 e. The van der Waals surface area contributed by atoms with Crippen molar-refractivity contribution in [2.75, 3.05) is 9.80 Å². The highest BCUT2D eigenvalue weighted by Crippen LogP contribution is 2.56. The number of rotatable bonds is 8. The van der Waals surface area contributed by atoms with Crippen LogP contribution in [0.25, 0.3) is 6.08 Å². The third-order valence-electron chi connectivity index (χ3n) is 13.6. The Labute approximate surface area is 345 Å². The zero-order valence-corrected chi connectivity index (χ0v) is 34.1. The quantitative estimate of drug-likeness (QED) is 0.143. The molecule has 0 aliphatic heterocycles. The second kappa shape index (κ2) is 14.4. The van der Waals surface area contributed by atoms with Gasteiger partial charge in [-0.2, -0.15) is 0 Å². The fourth-order valence-electron chi connectivity index (χ4n) is 10.7. The molecule has 2 nitrogen and oxygen atoms in total. The monoisotopic (exact) mass is 752 g/mol. The molecule has 286 valence electrons. The van der Waals surface area contributed by atoms with Gasteiger partial charge in [0, 0.05) is 51.1 Å². The molecular formula is C56H52N2. The molecule has 0 aromatic heterocycles. The summed E-state index contributed by atoms with van der Waals surface area (Å²) in [5, 5.41) is 0. The number of nitrogens with zero attached hydrogens (tertiary/aromatic N) is 2. The van der Waals surface area contributed by atoms with E-state index >= 15 is 0 Å². The number of allylic oxidation sites excluding steroid dienone is 6. The lowest BCUT2D eigenvalue weighted by atomic mass is 9.76. The van der Waals surface area contributed by atoms with Gasteiger partial charge in [0.1, 0.15) is 0 Å². The lowest BCUT2D eigenvalue weighted by Gasteiger charge is -2.38. The van der Waals surface area contributed by atoms with Crippen molar-refractivity contribution in [2.45, 2.75) is 75.7 Å². The predicted octanol–water partition coefficient (Wildman–Crippen LogP) is 14.8. The fraction of sp³-hybridized carbons (Fsp3) is 0.214. The molecule has 0 fully saturated rings. The van der Waals surface area contributed by atoms with Gasteiger partial charge in [0.15, 0.2) is 0 Å². The van der Waals surface area contributed by atoms with Crippen molar-refractivity contribution in [2.24, 2.45) is 0 Å². The molecule has 3 unspecified atom stereocenters. The summed E-state index contributed by atoms with van der Waals surface area (Å²) in [4.78, 5) is 4.92. The summed E-state index contributed by atoms with van der Waals surface area (Å²) in [5.41, 5.74) is 17.5. The molecule has 6 aromatic carbocycles. The van der Waals surface area contributed by atoms with E-state index in [1.807, 2.05) is 0 Å². The van der Waals surface area contributed by atoms with Gasteiger partial charge in [-0.05, 0) is 113 Å². The van der Waals surface area contributed by atoms with Crippen molar-refractivity contribution in [3.63, 3.8) is 0 Å². The van der Waals surface area contributed by atoms with E-state index in [9.17, 15) is 0 Å². The second-order valence-corrected chi connectivity index (χ2v) is 17.7. The molecule has 2 heteroatoms. The first kappa shape index (κ1) is 36.2. The average Bonchev–Trinajstić information content (AvgIpc) is 3.63. The van der Waals surface area contributed by atoms with Crippen molar-refractivity contribution in [1.82, 2.24) is 0 Å². The summed E-state index contributed by atoms with van der Waals surface area (Å²) < 4.78 is 0. The molecule has 4 aliphatic carbocycles. The van der Waals surface area contributed by atoms with E-state index in [1.165, 1.54) is 67.4 Å². The first-order valence-corrected chi connectivity index (χ1v) is 21.2. The molecule has 58 heavy (non-hydrogen) atoms. The second-order valence-electron chi connectivity index (χ2n) is 17.7. The van der Waals surface area contributed by atoms with Gasteiger partial charge in [-0.1, -0.05) is 166 Å². The van der Waals surface area contributed by atoms with E-state index in [-0.39, 0.29) is 10.8 Å². The smallest absolute Gasteiger partial charge is 0.0525 e. The molecule has 0 saturated carbocycles. The van der Waals surface area contributed by atoms with Crippen LogP contribution in [0, 0.1) is 0 Å². The van der Waals surface area contributed by atoms with Crippen LogP contribution >= 0.6 is 0 Å². The van der Waals surface area contributed by atoms with Crippen LogP contribution < -0.4 is 9.80 Å². The number of anilines is 5. The molecular weight excluding hydrogens is 701 g/mol. The number of benzene rings is 6. The van der Waals surface area contributed by atoms with Gasteiger partial charge in [0.05, 0.1) is 6.04 Å². The fourth-order valence-corrected chi connectivity index (χ4v) is 10.7. The molecule has 0 amide bonds. The van der Waals surface area contributed by atoms with Gasteiger partial charge in [-0.15, -0.1) is 0 Å². The van der Waals surface area contributed by atoms with Crippen molar-refractivity contribution in [3.05, 3.63) is 227 Å². The van der Waals surface area contributed by atoms with E-state index < -0.39 is 0 Å². The first-order valence-electron chi connectivity index (χ1n) is 21.2. The Hall–Kier alpha value is -6.12. The predicted molar refractivity (Wildman–Crippen MR) is 245 cm³/mol. The van der Waals surface area contributed by atoms with Crippen molar-refractivity contribution in [1.29, 1.82) is 0 Å². The first-order chi connectivity index (χ1) is 28.3. The maximum atomic E-state index is 2.62. The standard InChI is InChI=1S/C56H52N2/c1-55(2)51-35-39(27-31-47(51)49-33-29-45(37-53(49)55)57(41-17-9-5-10-18-41)42-19-11-6-12-20-42)25-26-40-28-32-48-50-34-30-46(38-54(50)56(3,4)52(48)36-40)58(43-21-13-7-14-22-43)44-23-15-8-16-24-44/h5-29,32-33,35-38,46-47,50H,30-31,34H2,1-4H3/b26-25+. The number of para-hydroxylation sites is 4. The van der Waals surface area contributed by atoms with Crippen LogP contribution in [0.2, 0.25) is 0 Å². The summed E-state index contributed by atoms with van der Waals surface area (Å²) in [7, 11) is 0. The van der Waals surface area contributed by atoms with Gasteiger partial charge >= 0.3 is 0 Å². The molecule has 0 N–H and O–H groups in total. The van der Waals surface area contributed by atoms with E-state index in [1.54, 1.807) is 5.57 Å². The number of hydrogen-bond acceptors (Lipinski definition) is 2. The Morgan fingerprint density at radius 1 is 0.500 bits per heavy atom. The maximum Gasteiger partial charge on any atom is 0.0525 e. The van der Waals surface area contributed by atoms with E-state index in [0.29, 0.717) is 17.9 Å². The lowest BCUT2D eigenvalue weighted by molar-refractivity contribution is 0.521. The number of hydrogen-bond donors (Lipinski definition) is 0. The highest BCUT2D eigenvalue weighted by molar-refractivity contribution is 5.78. The molecule has 0 spiro atoms. The van der Waals surface area contributed by atoms with Crippen LogP contribution in [0.5, 0.6) is 0 Å². The Morgan fingerprint density at radius 2 is 1.03 bits per heavy atom. The third-order valence-corrected chi connectivity index (χ3v) is 13.6. The molecule has 10 rings (SSSR count). The summed E-state index contributed by atoms with van der Waals surface area (Å²) in [6.07, 6.45) is 15.6. The lowest BCUT2D eigenvalue weighted by Crippen LogP contribution is -2.34. The van der Waals surface area contributed by atoms with Gasteiger partial charge in [-0.3, -0.25) is 0 Å². The zero-order chi connectivity index (χ0) is 39.4. The summed E-state index contributed by atoms with van der Waals surface area (Å²) in [6.45, 7) is 9.73. The molecule has 0 radical (unpaired) electrons. The molecule has 3 atom stereocenters. The van der Waals surface area contributed by atoms with Crippen LogP contribution in [-0.4, -0.2) is 6.04 Å². The zero-order valence-electron chi connectivity index (χ0n) is 34.1. The third kappa shape index (κ3) is 6.18. The van der Waals surface area contributed by atoms with Crippen LogP contribution in [0.1, 0.15) is 86.6 Å². The van der Waals surface area contributed by atoms with Gasteiger partial charge in [0.25, 0.3) is 0 Å². The Kier molecular flexibility index (Phi) is 8.97. The normalized spacial score (nSPS) is 20.9. The summed E-state index contributed by atoms with van der Waals surface area (Å²) in [6, 6.07) is 58.0. The highest BCUT2D eigenvalue weighted by atomic mass is 15.2.